The number of carbonyl (C=O) groups excluding carboxylic acids is 4. The normalized spacial score (nSPS) is 23.1. The van der Waals surface area contributed by atoms with Gasteiger partial charge in [-0.3, -0.25) is 23.4 Å². The second kappa shape index (κ2) is 48.6. The first kappa shape index (κ1) is 79.7. The Balaban J connectivity index is 0.00000359. The average Bonchev–Trinajstić information content (AvgIpc) is 2.64. The van der Waals surface area contributed by atoms with Crippen LogP contribution in [0.15, 0.2) is 0 Å². The molecular formula is C46H87BN2O33P2. The number of nitrogens with one attached hydrogen (secondary N) is 2. The molecule has 2 heterocycles. The molecule has 38 heteroatoms. The monoisotopic (exact) mass is 1270 g/mol. The van der Waals surface area contributed by atoms with Crippen molar-refractivity contribution in [2.45, 2.75) is 87.1 Å². The van der Waals surface area contributed by atoms with Gasteiger partial charge in [-0.1, -0.05) is 0 Å². The summed E-state index contributed by atoms with van der Waals surface area (Å²) in [6.45, 7) is 2.12. The van der Waals surface area contributed by atoms with Crippen LogP contribution >= 0.6 is 15.6 Å². The fraction of sp³-hybridized carbons (Fsp3) is 0.913. The molecule has 13 N–H and O–H groups in total. The molecule has 2 aliphatic rings. The second-order valence-electron chi connectivity index (χ2n) is 17.8. The predicted octanol–water partition coefficient (Wildman–Crippen LogP) is -6.70. The zero-order valence-electron chi connectivity index (χ0n) is 46.9. The third-order valence-electron chi connectivity index (χ3n) is 11.1. The quantitative estimate of drug-likeness (QED) is 0.0117. The number of ether oxygens (including phenoxy) is 14. The molecular weight excluding hydrogens is 1180 g/mol. The van der Waals surface area contributed by atoms with Gasteiger partial charge >= 0.3 is 15.6 Å². The molecule has 2 aliphatic heterocycles. The molecule has 492 valence electrons. The number of methoxy groups -OCH3 is 1. The highest BCUT2D eigenvalue weighted by molar-refractivity contribution is 7.46. The summed E-state index contributed by atoms with van der Waals surface area (Å²) in [5.74, 6) is -2.95. The summed E-state index contributed by atoms with van der Waals surface area (Å²) >= 11 is 0. The van der Waals surface area contributed by atoms with Crippen molar-refractivity contribution >= 4 is 46.8 Å². The largest absolute Gasteiger partial charge is 0.469 e. The van der Waals surface area contributed by atoms with Crippen LogP contribution in [0.25, 0.3) is 0 Å². The number of ketones is 1. The third kappa shape index (κ3) is 40.3. The lowest BCUT2D eigenvalue weighted by atomic mass is 9.95. The Hall–Kier alpha value is -2.28. The molecule has 84 heavy (non-hydrogen) atoms. The number of aliphatic hydroxyl groups excluding tert-OH is 7. The number of aliphatic hydroxyl groups is 7. The molecule has 2 fully saturated rings. The molecule has 11 unspecified atom stereocenters. The highest BCUT2D eigenvalue weighted by atomic mass is 31.2. The van der Waals surface area contributed by atoms with Gasteiger partial charge in [0.05, 0.1) is 158 Å². The summed E-state index contributed by atoms with van der Waals surface area (Å²) in [7, 11) is -3.42. The second-order valence-corrected chi connectivity index (χ2v) is 20.2. The minimum absolute atomic E-state index is 0.00914. The molecule has 2 amide bonds. The summed E-state index contributed by atoms with van der Waals surface area (Å²) in [6, 6.07) is 0. The van der Waals surface area contributed by atoms with Crippen molar-refractivity contribution in [2.24, 2.45) is 5.92 Å². The first-order valence-corrected chi connectivity index (χ1v) is 29.8. The van der Waals surface area contributed by atoms with E-state index in [1.54, 1.807) is 7.11 Å². The van der Waals surface area contributed by atoms with E-state index in [1.165, 1.54) is 0 Å². The van der Waals surface area contributed by atoms with Crippen LogP contribution in [0.3, 0.4) is 0 Å². The first-order valence-electron chi connectivity index (χ1n) is 26.7. The highest BCUT2D eigenvalue weighted by Crippen LogP contribution is 2.38. The molecule has 2 saturated heterocycles. The van der Waals surface area contributed by atoms with Gasteiger partial charge in [-0.25, -0.2) is 9.13 Å². The first-order chi connectivity index (χ1) is 40.0. The molecule has 0 saturated carbocycles. The molecule has 0 aromatic rings. The van der Waals surface area contributed by atoms with Gasteiger partial charge in [0, 0.05) is 46.1 Å². The zero-order chi connectivity index (χ0) is 62.6. The van der Waals surface area contributed by atoms with E-state index in [9.17, 15) is 58.9 Å². The SMILES string of the molecule is COCCOCCOCCNC(=O)CC(C(=O)CCCOCCOCCOCCOC1OC(COP(=O)(O)O)C(O)C(O)C1O)C(=O)NCCOCCOCCOCCOC1OC(COP(=O)(O)O)C(O)C(O)C1O.[B]C(=O)CCOCCO. The van der Waals surface area contributed by atoms with E-state index >= 15 is 0 Å². The summed E-state index contributed by atoms with van der Waals surface area (Å²) < 4.78 is 105. The van der Waals surface area contributed by atoms with Gasteiger partial charge in [0.1, 0.15) is 60.5 Å². The maximum absolute atomic E-state index is 13.2. The Labute approximate surface area is 487 Å². The molecule has 0 aromatic heterocycles. The summed E-state index contributed by atoms with van der Waals surface area (Å²) in [4.78, 5) is 84.7. The van der Waals surface area contributed by atoms with Crippen molar-refractivity contribution < 1.29 is 159 Å². The van der Waals surface area contributed by atoms with Crippen molar-refractivity contribution in [1.29, 1.82) is 0 Å². The predicted molar refractivity (Wildman–Crippen MR) is 281 cm³/mol. The summed E-state index contributed by atoms with van der Waals surface area (Å²) in [5.41, 5.74) is -0.382. The van der Waals surface area contributed by atoms with Crippen LogP contribution in [0.5, 0.6) is 0 Å². The van der Waals surface area contributed by atoms with Crippen molar-refractivity contribution in [3.63, 3.8) is 0 Å². The Kier molecular flexibility index (Phi) is 46.2. The van der Waals surface area contributed by atoms with E-state index in [0.717, 1.165) is 0 Å². The average molecular weight is 1270 g/mol. The Bertz CT molecular complexity index is 1720. The smallest absolute Gasteiger partial charge is 0.394 e. The van der Waals surface area contributed by atoms with Crippen LogP contribution in [-0.4, -0.2) is 327 Å². The van der Waals surface area contributed by atoms with Crippen LogP contribution in [-0.2, 0) is 104 Å². The van der Waals surface area contributed by atoms with Crippen LogP contribution < -0.4 is 10.6 Å². The number of hydrogen-bond donors (Lipinski definition) is 13. The molecule has 11 atom stereocenters. The van der Waals surface area contributed by atoms with Crippen LogP contribution in [0, 0.1) is 5.92 Å². The van der Waals surface area contributed by atoms with Gasteiger partial charge < -0.3 is 137 Å². The lowest BCUT2D eigenvalue weighted by Crippen LogP contribution is -2.59. The van der Waals surface area contributed by atoms with Gasteiger partial charge in [0.25, 0.3) is 0 Å². The van der Waals surface area contributed by atoms with E-state index in [-0.39, 0.29) is 150 Å². The molecule has 0 spiro atoms. The molecule has 0 bridgehead atoms. The van der Waals surface area contributed by atoms with Gasteiger partial charge in [-0.05, 0) is 6.42 Å². The standard InChI is InChI=1S/C41H78N2O30P2.C5H9BO3/c1-59-9-10-63-15-12-61-7-4-42-32(45)25-28(29(44)3-2-6-60-11-14-64-17-19-66-21-23-68-40-37(50)35(48)33(46)30(72-40)26-70-74(53,54)55)39(52)43-5-8-62-13-16-65-18-20-67-22-24-69-41-38(51)36(49)34(47)31(73-41)27-71-75(56,57)58;6-5(8)1-3-9-4-2-7/h28,30-31,33-38,40-41,46-51H,2-27H2,1H3,(H,42,45)(H,43,52)(H2,53,54,55)(H2,56,57,58);7H,1-4H2. The van der Waals surface area contributed by atoms with E-state index in [4.69, 9.17) is 98.8 Å². The van der Waals surface area contributed by atoms with Crippen LogP contribution in [0.1, 0.15) is 25.7 Å². The fourth-order valence-corrected chi connectivity index (χ4v) is 7.51. The maximum Gasteiger partial charge on any atom is 0.469 e. The number of phosphoric acid groups is 2. The Morgan fingerprint density at radius 2 is 0.869 bits per heavy atom. The Morgan fingerprint density at radius 1 is 0.488 bits per heavy atom. The van der Waals surface area contributed by atoms with E-state index in [2.05, 4.69) is 19.7 Å². The lowest BCUT2D eigenvalue weighted by Gasteiger charge is -2.40. The minimum atomic E-state index is -4.89. The Morgan fingerprint density at radius 3 is 1.27 bits per heavy atom. The van der Waals surface area contributed by atoms with E-state index in [0.29, 0.717) is 33.0 Å². The number of hydrogen-bond acceptors (Lipinski definition) is 29. The minimum Gasteiger partial charge on any atom is -0.394 e. The number of amides is 2. The van der Waals surface area contributed by atoms with E-state index in [1.807, 2.05) is 0 Å². The van der Waals surface area contributed by atoms with Crippen LogP contribution in [0.4, 0.5) is 0 Å². The van der Waals surface area contributed by atoms with Crippen molar-refractivity contribution in [2.75, 3.05) is 179 Å². The number of carbonyl (C=O) groups is 4. The number of Topliss-reactive ketones (excluding diaryl/α,β-unsaturated/α-hetero) is 1. The molecule has 2 rings (SSSR count). The molecule has 0 aliphatic carbocycles. The van der Waals surface area contributed by atoms with E-state index < -0.39 is 120 Å². The van der Waals surface area contributed by atoms with Gasteiger partial charge in [0.15, 0.2) is 20.4 Å². The third-order valence-corrected chi connectivity index (χ3v) is 12.1. The number of rotatable bonds is 51. The lowest BCUT2D eigenvalue weighted by molar-refractivity contribution is -0.301. The number of phosphoric ester groups is 2. The molecule has 35 nitrogen and oxygen atoms in total. The molecule has 2 radical (unpaired) electrons. The van der Waals surface area contributed by atoms with Crippen molar-refractivity contribution in [1.82, 2.24) is 10.6 Å². The summed E-state index contributed by atoms with van der Waals surface area (Å²) in [5, 5.41) is 73.8. The van der Waals surface area contributed by atoms with Gasteiger partial charge in [-0.15, -0.1) is 0 Å². The van der Waals surface area contributed by atoms with Crippen molar-refractivity contribution in [3.8, 4) is 0 Å². The highest BCUT2D eigenvalue weighted by Gasteiger charge is 2.46. The topological polar surface area (TPSA) is 497 Å². The van der Waals surface area contributed by atoms with Crippen LogP contribution in [0.2, 0.25) is 0 Å². The van der Waals surface area contributed by atoms with Gasteiger partial charge in [0.2, 0.25) is 11.8 Å². The molecule has 0 aromatic carbocycles. The summed E-state index contributed by atoms with van der Waals surface area (Å²) in [6.07, 6.45) is -15.8. The van der Waals surface area contributed by atoms with Crippen molar-refractivity contribution in [3.05, 3.63) is 0 Å². The fourth-order valence-electron chi connectivity index (χ4n) is 6.82. The zero-order valence-corrected chi connectivity index (χ0v) is 48.7. The van der Waals surface area contributed by atoms with Gasteiger partial charge in [-0.2, -0.15) is 0 Å². The maximum atomic E-state index is 13.2.